The lowest BCUT2D eigenvalue weighted by atomic mass is 10.1. The summed E-state index contributed by atoms with van der Waals surface area (Å²) in [6.07, 6.45) is 1.20. The Labute approximate surface area is 262 Å². The monoisotopic (exact) mass is 652 g/mol. The minimum absolute atomic E-state index is 0.0268. The number of ketones is 1. The van der Waals surface area contributed by atoms with Crippen LogP contribution in [0.1, 0.15) is 35.5 Å². The molecule has 0 saturated carbocycles. The van der Waals surface area contributed by atoms with Crippen molar-refractivity contribution in [1.29, 1.82) is 0 Å². The zero-order valence-electron chi connectivity index (χ0n) is 25.1. The van der Waals surface area contributed by atoms with Gasteiger partial charge >= 0.3 is 0 Å². The number of benzene rings is 3. The predicted octanol–water partition coefficient (Wildman–Crippen LogP) is 4.82. The maximum absolute atomic E-state index is 15.3. The van der Waals surface area contributed by atoms with Crippen molar-refractivity contribution < 1.29 is 36.3 Å². The summed E-state index contributed by atoms with van der Waals surface area (Å²) in [6.45, 7) is 5.00. The van der Waals surface area contributed by atoms with Gasteiger partial charge in [0.1, 0.15) is 28.8 Å². The number of rotatable bonds is 11. The molecule has 0 saturated heterocycles. The first kappa shape index (κ1) is 32.0. The summed E-state index contributed by atoms with van der Waals surface area (Å²) in [5, 5.41) is 7.18. The molecule has 1 amide bonds. The Bertz CT molecular complexity index is 2070. The van der Waals surface area contributed by atoms with Gasteiger partial charge in [-0.05, 0) is 62.7 Å². The number of amides is 1. The van der Waals surface area contributed by atoms with Gasteiger partial charge in [0, 0.05) is 23.0 Å². The van der Waals surface area contributed by atoms with Crippen LogP contribution in [-0.2, 0) is 14.8 Å². The Hall–Kier alpha value is -5.44. The molecule has 5 rings (SSSR count). The second kappa shape index (κ2) is 12.5. The van der Waals surface area contributed by atoms with Crippen LogP contribution < -0.4 is 25.2 Å². The second-order valence-corrected chi connectivity index (χ2v) is 12.4. The van der Waals surface area contributed by atoms with Gasteiger partial charge in [0.2, 0.25) is 21.7 Å². The van der Waals surface area contributed by atoms with Crippen molar-refractivity contribution in [3.63, 3.8) is 0 Å². The van der Waals surface area contributed by atoms with Crippen LogP contribution in [0.2, 0.25) is 0 Å². The lowest BCUT2D eigenvalue weighted by Gasteiger charge is -2.13. The molecule has 0 atom stereocenters. The van der Waals surface area contributed by atoms with E-state index in [1.807, 2.05) is 0 Å². The average molecular weight is 653 g/mol. The van der Waals surface area contributed by atoms with E-state index < -0.39 is 39.1 Å². The highest BCUT2D eigenvalue weighted by Crippen LogP contribution is 2.34. The standard InChI is InChI=1S/C31H30F2N6O6S/c1-16(2)36-28(40)15-46(42,43)38-24-13-23-18(11-27(24)44-4)10-25(37-23)30(41)20-14-35-39(31(20)34)29-17(3)9-19(12-22(29)33)45-26-8-6-5-7-21(26)32/h5-14,16,37-38H,15,34H2,1-4H3,(H,36,40). The number of aromatic nitrogens is 3. The number of aromatic amines is 1. The lowest BCUT2D eigenvalue weighted by molar-refractivity contribution is -0.119. The van der Waals surface area contributed by atoms with Crippen molar-refractivity contribution >= 4 is 44.1 Å². The number of sulfonamides is 1. The summed E-state index contributed by atoms with van der Waals surface area (Å²) < 4.78 is 68.9. The van der Waals surface area contributed by atoms with Gasteiger partial charge in [-0.3, -0.25) is 14.3 Å². The molecule has 0 aliphatic carbocycles. The summed E-state index contributed by atoms with van der Waals surface area (Å²) >= 11 is 0. The highest BCUT2D eigenvalue weighted by atomic mass is 32.2. The molecule has 3 aromatic carbocycles. The van der Waals surface area contributed by atoms with E-state index in [9.17, 15) is 22.4 Å². The van der Waals surface area contributed by atoms with Crippen LogP contribution in [0.3, 0.4) is 0 Å². The molecule has 5 aromatic rings. The number of carbonyl (C=O) groups excluding carboxylic acids is 2. The van der Waals surface area contributed by atoms with Crippen LogP contribution in [0.4, 0.5) is 20.3 Å². The first-order valence-corrected chi connectivity index (χ1v) is 15.5. The molecule has 0 aliphatic rings. The summed E-state index contributed by atoms with van der Waals surface area (Å²) in [6, 6.07) is 12.5. The number of para-hydroxylation sites is 1. The lowest BCUT2D eigenvalue weighted by Crippen LogP contribution is -2.36. The molecular formula is C31H30F2N6O6S. The Morgan fingerprint density at radius 3 is 2.48 bits per heavy atom. The Balaban J connectivity index is 1.41. The summed E-state index contributed by atoms with van der Waals surface area (Å²) in [5.74, 6) is -3.42. The van der Waals surface area contributed by atoms with E-state index in [0.29, 0.717) is 16.5 Å². The van der Waals surface area contributed by atoms with Crippen molar-refractivity contribution in [2.45, 2.75) is 26.8 Å². The van der Waals surface area contributed by atoms with Crippen molar-refractivity contribution in [2.24, 2.45) is 0 Å². The fourth-order valence-electron chi connectivity index (χ4n) is 4.81. The van der Waals surface area contributed by atoms with Gasteiger partial charge < -0.3 is 25.5 Å². The van der Waals surface area contributed by atoms with Gasteiger partial charge in [0.25, 0.3) is 0 Å². The number of halogens is 2. The fourth-order valence-corrected chi connectivity index (χ4v) is 5.81. The first-order valence-electron chi connectivity index (χ1n) is 13.9. The molecule has 5 N–H and O–H groups in total. The number of nitrogen functional groups attached to an aromatic ring is 1. The van der Waals surface area contributed by atoms with Gasteiger partial charge in [-0.15, -0.1) is 0 Å². The van der Waals surface area contributed by atoms with Crippen LogP contribution in [-0.4, -0.2) is 53.8 Å². The van der Waals surface area contributed by atoms with E-state index in [2.05, 4.69) is 20.1 Å². The minimum Gasteiger partial charge on any atom is -0.495 e. The summed E-state index contributed by atoms with van der Waals surface area (Å²) in [7, 11) is -2.75. The molecule has 46 heavy (non-hydrogen) atoms. The highest BCUT2D eigenvalue weighted by molar-refractivity contribution is 7.93. The number of carbonyl (C=O) groups is 2. The van der Waals surface area contributed by atoms with Crippen LogP contribution >= 0.6 is 0 Å². The number of hydrogen-bond acceptors (Lipinski definition) is 8. The van der Waals surface area contributed by atoms with Gasteiger partial charge in [-0.2, -0.15) is 5.10 Å². The maximum Gasteiger partial charge on any atom is 0.241 e. The van der Waals surface area contributed by atoms with Crippen LogP contribution in [0.15, 0.2) is 60.8 Å². The number of nitrogens with zero attached hydrogens (tertiary/aromatic N) is 2. The third kappa shape index (κ3) is 6.63. The first-order chi connectivity index (χ1) is 21.8. The van der Waals surface area contributed by atoms with Crippen LogP contribution in [0.25, 0.3) is 16.6 Å². The second-order valence-electron chi connectivity index (χ2n) is 10.7. The molecule has 0 fully saturated rings. The number of aryl methyl sites for hydroxylation is 1. The molecule has 240 valence electrons. The number of nitrogens with two attached hydrogens (primary N) is 1. The van der Waals surface area contributed by atoms with Crippen LogP contribution in [0.5, 0.6) is 17.2 Å². The minimum atomic E-state index is -4.10. The van der Waals surface area contributed by atoms with E-state index in [-0.39, 0.29) is 51.7 Å². The molecular weight excluding hydrogens is 622 g/mol. The topological polar surface area (TPSA) is 170 Å². The Kier molecular flexibility index (Phi) is 8.70. The third-order valence-corrected chi connectivity index (χ3v) is 7.95. The SMILES string of the molecule is COc1cc2cc(C(=O)c3cnn(-c4c(C)cc(Oc5ccccc5F)cc4F)c3N)[nH]c2cc1NS(=O)(=O)CC(=O)NC(C)C. The van der Waals surface area contributed by atoms with E-state index in [1.165, 1.54) is 55.8 Å². The number of hydrogen-bond donors (Lipinski definition) is 4. The Morgan fingerprint density at radius 1 is 1.07 bits per heavy atom. The van der Waals surface area contributed by atoms with Gasteiger partial charge in [0.15, 0.2) is 17.4 Å². The molecule has 0 radical (unpaired) electrons. The van der Waals surface area contributed by atoms with Crippen molar-refractivity contribution in [3.8, 4) is 22.9 Å². The third-order valence-electron chi connectivity index (χ3n) is 6.78. The van der Waals surface area contributed by atoms with Crippen molar-refractivity contribution in [2.75, 3.05) is 23.3 Å². The zero-order valence-corrected chi connectivity index (χ0v) is 26.0. The van der Waals surface area contributed by atoms with Gasteiger partial charge in [0.05, 0.1) is 30.3 Å². The molecule has 0 unspecified atom stereocenters. The number of fused-ring (bicyclic) bond motifs is 1. The maximum atomic E-state index is 15.3. The number of nitrogens with one attached hydrogen (secondary N) is 3. The van der Waals surface area contributed by atoms with Crippen LogP contribution in [0, 0.1) is 18.6 Å². The largest absolute Gasteiger partial charge is 0.495 e. The number of anilines is 2. The number of methoxy groups -OCH3 is 1. The van der Waals surface area contributed by atoms with Crippen molar-refractivity contribution in [3.05, 3.63) is 89.2 Å². The Morgan fingerprint density at radius 2 is 1.80 bits per heavy atom. The van der Waals surface area contributed by atoms with E-state index >= 15 is 4.39 Å². The molecule has 0 spiro atoms. The highest BCUT2D eigenvalue weighted by Gasteiger charge is 2.24. The molecule has 2 heterocycles. The molecule has 0 bridgehead atoms. The smallest absolute Gasteiger partial charge is 0.241 e. The zero-order chi connectivity index (χ0) is 33.3. The van der Waals surface area contributed by atoms with E-state index in [1.54, 1.807) is 26.8 Å². The molecule has 12 nitrogen and oxygen atoms in total. The fraction of sp³-hybridized carbons (Fsp3) is 0.194. The molecule has 15 heteroatoms. The summed E-state index contributed by atoms with van der Waals surface area (Å²) in [4.78, 5) is 28.5. The van der Waals surface area contributed by atoms with Gasteiger partial charge in [-0.1, -0.05) is 12.1 Å². The van der Waals surface area contributed by atoms with E-state index in [4.69, 9.17) is 15.2 Å². The quantitative estimate of drug-likeness (QED) is 0.147. The predicted molar refractivity (Wildman–Crippen MR) is 168 cm³/mol. The van der Waals surface area contributed by atoms with Gasteiger partial charge in [-0.25, -0.2) is 21.9 Å². The normalized spacial score (nSPS) is 11.5. The summed E-state index contributed by atoms with van der Waals surface area (Å²) in [5.41, 5.74) is 7.10. The van der Waals surface area contributed by atoms with Crippen molar-refractivity contribution in [1.82, 2.24) is 20.1 Å². The number of ether oxygens (including phenoxy) is 2. The molecule has 0 aliphatic heterocycles. The molecule has 2 aromatic heterocycles. The van der Waals surface area contributed by atoms with E-state index in [0.717, 1.165) is 10.7 Å². The number of H-pyrrole nitrogens is 1. The average Bonchev–Trinajstić information content (AvgIpc) is 3.55.